The zero-order valence-electron chi connectivity index (χ0n) is 41.6. The summed E-state index contributed by atoms with van der Waals surface area (Å²) < 4.78 is 42.5. The normalized spacial score (nSPS) is 11.3. The number of anilines is 3. The van der Waals surface area contributed by atoms with Crippen LogP contribution in [0.25, 0.3) is 33.4 Å². The Morgan fingerprint density at radius 1 is 0.562 bits per heavy atom. The first-order valence-electron chi connectivity index (χ1n) is 22.9. The molecule has 3 aromatic heterocycles. The van der Waals surface area contributed by atoms with Gasteiger partial charge in [-0.2, -0.15) is 9.98 Å². The van der Waals surface area contributed by atoms with Gasteiger partial charge in [-0.15, -0.1) is 0 Å². The highest BCUT2D eigenvalue weighted by molar-refractivity contribution is 8.14. The number of aromatic nitrogens is 3. The van der Waals surface area contributed by atoms with Gasteiger partial charge in [0.05, 0.1) is 17.1 Å². The lowest BCUT2D eigenvalue weighted by Gasteiger charge is -2.20. The van der Waals surface area contributed by atoms with Gasteiger partial charge in [-0.05, 0) is 149 Å². The Bertz CT molecular complexity index is 2910. The minimum atomic E-state index is -0.314. The van der Waals surface area contributed by atoms with Crippen LogP contribution >= 0.6 is 72.4 Å². The standard InChI is InChI=1S/2C18H21FN4S2.C16H17FN4S2/c1-4-25-17(20)23-18(24)22-16-14(11(2)3)8-13(19)9-15(16)12-6-5-7-21-10-12;1-4-25-18(23-17(20)24)22-16-14(11(2)3)8-13(19)9-15(16)12-6-5-7-21-10-12;1-9(2)12-6-11(17)7-13(10-4-3-5-19-8-10)14(12)20-16(23)21-15(18)22/h2*5-11H,4H2,1-3H3,(H3,20,22,23,24);3-9H,1-2H3,(H4,18,20,21,22,23). The summed E-state index contributed by atoms with van der Waals surface area (Å²) in [7, 11) is 0. The van der Waals surface area contributed by atoms with Gasteiger partial charge in [-0.25, -0.2) is 13.2 Å². The van der Waals surface area contributed by atoms with Crippen molar-refractivity contribution in [2.24, 2.45) is 27.2 Å². The lowest BCUT2D eigenvalue weighted by molar-refractivity contribution is 0.624. The molecule has 0 fully saturated rings. The first-order chi connectivity index (χ1) is 34.7. The number of thioether (sulfide) groups is 2. The van der Waals surface area contributed by atoms with Crippen LogP contribution in [0.3, 0.4) is 0 Å². The lowest BCUT2D eigenvalue weighted by atomic mass is 9.94. The summed E-state index contributed by atoms with van der Waals surface area (Å²) in [6, 6.07) is 20.1. The molecule has 0 aliphatic carbocycles. The Kier molecular flexibility index (Phi) is 24.1. The Labute approximate surface area is 456 Å². The maximum Gasteiger partial charge on any atom is 0.199 e. The highest BCUT2D eigenvalue weighted by Gasteiger charge is 2.20. The average Bonchev–Trinajstić information content (AvgIpc) is 3.33. The number of pyridine rings is 3. The van der Waals surface area contributed by atoms with E-state index < -0.39 is 0 Å². The molecular formula is C52H59F3N12S6. The summed E-state index contributed by atoms with van der Waals surface area (Å²) in [6.45, 7) is 16.0. The number of amidine groups is 2. The fourth-order valence-corrected chi connectivity index (χ4v) is 8.88. The van der Waals surface area contributed by atoms with Gasteiger partial charge >= 0.3 is 0 Å². The third-order valence-electron chi connectivity index (χ3n) is 10.1. The summed E-state index contributed by atoms with van der Waals surface area (Å²) >= 11 is 23.1. The number of rotatable bonds is 11. The number of aliphatic imine (C=N–C) groups is 2. The molecule has 0 atom stereocenters. The molecule has 0 aliphatic rings. The topological polar surface area (TPSA) is 190 Å². The molecule has 73 heavy (non-hydrogen) atoms. The summed E-state index contributed by atoms with van der Waals surface area (Å²) in [5.74, 6) is 1.02. The Morgan fingerprint density at radius 3 is 1.27 bits per heavy atom. The van der Waals surface area contributed by atoms with Gasteiger partial charge in [0.2, 0.25) is 0 Å². The third-order valence-corrected chi connectivity index (χ3v) is 12.1. The van der Waals surface area contributed by atoms with E-state index in [1.54, 1.807) is 49.3 Å². The SMILES string of the molecule is CC(C)c1cc(F)cc(-c2cccnc2)c1NC(=S)NC(N)=S.CCSC(=NC(N)=S)Nc1c(-c2cccnc2)cc(F)cc1C(C)C.CCSC(N)=NC(=S)Nc1c(-c2cccnc2)cc(F)cc1C(C)C. The number of hydrogen-bond acceptors (Lipinski definition) is 9. The zero-order chi connectivity index (χ0) is 53.8. The van der Waals surface area contributed by atoms with E-state index in [-0.39, 0.29) is 55.7 Å². The van der Waals surface area contributed by atoms with Crippen molar-refractivity contribution < 1.29 is 13.2 Å². The molecule has 6 rings (SSSR count). The van der Waals surface area contributed by atoms with E-state index in [2.05, 4.69) is 46.2 Å². The van der Waals surface area contributed by atoms with Crippen molar-refractivity contribution in [3.63, 3.8) is 0 Å². The van der Waals surface area contributed by atoms with Crippen molar-refractivity contribution in [1.82, 2.24) is 20.3 Å². The van der Waals surface area contributed by atoms with E-state index in [4.69, 9.17) is 66.1 Å². The van der Waals surface area contributed by atoms with E-state index in [1.165, 1.54) is 53.9 Å². The monoisotopic (exact) mass is 1100 g/mol. The van der Waals surface area contributed by atoms with Crippen LogP contribution < -0.4 is 38.5 Å². The lowest BCUT2D eigenvalue weighted by Crippen LogP contribution is -2.38. The van der Waals surface area contributed by atoms with Crippen LogP contribution in [0.2, 0.25) is 0 Å². The highest BCUT2D eigenvalue weighted by Crippen LogP contribution is 2.39. The summed E-state index contributed by atoms with van der Waals surface area (Å²) in [4.78, 5) is 20.7. The van der Waals surface area contributed by atoms with E-state index in [9.17, 15) is 13.2 Å². The van der Waals surface area contributed by atoms with Gasteiger partial charge in [0.1, 0.15) is 17.5 Å². The average molecular weight is 1100 g/mol. The van der Waals surface area contributed by atoms with Crippen LogP contribution in [0.4, 0.5) is 30.2 Å². The second-order valence-electron chi connectivity index (χ2n) is 16.5. The molecule has 0 unspecified atom stereocenters. The largest absolute Gasteiger partial charge is 0.378 e. The Morgan fingerprint density at radius 2 is 0.945 bits per heavy atom. The molecule has 3 heterocycles. The predicted octanol–water partition coefficient (Wildman–Crippen LogP) is 13.1. The number of nitrogens with two attached hydrogens (primary N) is 3. The minimum Gasteiger partial charge on any atom is -0.378 e. The van der Waals surface area contributed by atoms with Crippen molar-refractivity contribution in [3.8, 4) is 33.4 Å². The van der Waals surface area contributed by atoms with Crippen LogP contribution in [0.15, 0.2) is 120 Å². The fourth-order valence-electron chi connectivity index (χ4n) is 7.03. The third kappa shape index (κ3) is 18.7. The molecule has 0 bridgehead atoms. The number of hydrogen-bond donors (Lipinski definition) is 7. The van der Waals surface area contributed by atoms with Crippen LogP contribution in [0, 0.1) is 17.5 Å². The van der Waals surface area contributed by atoms with Gasteiger partial charge < -0.3 is 38.5 Å². The maximum atomic E-state index is 14.2. The van der Waals surface area contributed by atoms with Crippen LogP contribution in [-0.4, -0.2) is 57.2 Å². The van der Waals surface area contributed by atoms with Crippen molar-refractivity contribution in [3.05, 3.63) is 144 Å². The molecule has 0 spiro atoms. The van der Waals surface area contributed by atoms with Crippen molar-refractivity contribution >= 4 is 120 Å². The summed E-state index contributed by atoms with van der Waals surface area (Å²) in [6.07, 6.45) is 10.1. The summed E-state index contributed by atoms with van der Waals surface area (Å²) in [5.41, 5.74) is 26.0. The quantitative estimate of drug-likeness (QED) is 0.0368. The zero-order valence-corrected chi connectivity index (χ0v) is 46.5. The number of thiocarbonyl (C=S) groups is 4. The predicted molar refractivity (Wildman–Crippen MR) is 319 cm³/mol. The van der Waals surface area contributed by atoms with E-state index in [1.807, 2.05) is 85.7 Å². The Balaban J connectivity index is 0.000000238. The molecule has 21 heteroatoms. The van der Waals surface area contributed by atoms with E-state index >= 15 is 0 Å². The molecule has 0 amide bonds. The van der Waals surface area contributed by atoms with Crippen LogP contribution in [-0.2, 0) is 0 Å². The number of nitrogens with one attached hydrogen (secondary N) is 4. The fraction of sp³-hybridized carbons (Fsp3) is 0.250. The van der Waals surface area contributed by atoms with Crippen LogP contribution in [0.5, 0.6) is 0 Å². The van der Waals surface area contributed by atoms with Crippen molar-refractivity contribution in [2.75, 3.05) is 27.5 Å². The maximum absolute atomic E-state index is 14.2. The van der Waals surface area contributed by atoms with Gasteiger partial charge in [-0.3, -0.25) is 15.0 Å². The van der Waals surface area contributed by atoms with E-state index in [0.717, 1.165) is 61.8 Å². The molecule has 384 valence electrons. The van der Waals surface area contributed by atoms with Gasteiger partial charge in [-0.1, -0.05) is 97.1 Å². The van der Waals surface area contributed by atoms with Gasteiger partial charge in [0.15, 0.2) is 30.8 Å². The van der Waals surface area contributed by atoms with Crippen molar-refractivity contribution in [2.45, 2.75) is 73.1 Å². The first-order valence-corrected chi connectivity index (χ1v) is 26.5. The highest BCUT2D eigenvalue weighted by atomic mass is 32.2. The van der Waals surface area contributed by atoms with Crippen molar-refractivity contribution in [1.29, 1.82) is 0 Å². The first kappa shape index (κ1) is 59.5. The van der Waals surface area contributed by atoms with Crippen LogP contribution in [0.1, 0.15) is 89.8 Å². The van der Waals surface area contributed by atoms with E-state index in [0.29, 0.717) is 27.1 Å². The molecule has 3 aromatic carbocycles. The Hall–Kier alpha value is -6.10. The second-order valence-corrected chi connectivity index (χ2v) is 20.7. The number of halogens is 3. The molecule has 0 saturated heterocycles. The smallest absolute Gasteiger partial charge is 0.199 e. The number of nitrogens with zero attached hydrogens (tertiary/aromatic N) is 5. The van der Waals surface area contributed by atoms with Gasteiger partial charge in [0, 0.05) is 70.6 Å². The molecule has 0 saturated carbocycles. The summed E-state index contributed by atoms with van der Waals surface area (Å²) in [5, 5.41) is 13.8. The number of benzene rings is 3. The molecule has 0 aliphatic heterocycles. The molecule has 10 N–H and O–H groups in total. The molecular weight excluding hydrogens is 1040 g/mol. The molecule has 0 radical (unpaired) electrons. The molecule has 12 nitrogen and oxygen atoms in total. The van der Waals surface area contributed by atoms with Gasteiger partial charge in [0.25, 0.3) is 0 Å². The molecule has 6 aromatic rings. The second kappa shape index (κ2) is 29.6. The minimum absolute atomic E-state index is 0.0552.